The maximum atomic E-state index is 12.1. The first-order valence-corrected chi connectivity index (χ1v) is 6.17. The Balaban J connectivity index is 2.16. The Hall–Kier alpha value is -2.24. The van der Waals surface area contributed by atoms with Crippen molar-refractivity contribution in [1.29, 1.82) is 0 Å². The fraction of sp³-hybridized carbons (Fsp3) is 0.385. The van der Waals surface area contributed by atoms with Gasteiger partial charge in [-0.25, -0.2) is 0 Å². The van der Waals surface area contributed by atoms with Crippen LogP contribution in [0.1, 0.15) is 36.1 Å². The van der Waals surface area contributed by atoms with E-state index in [1.165, 1.54) is 4.80 Å². The maximum absolute atomic E-state index is 12.1. The number of rotatable bonds is 4. The first kappa shape index (κ1) is 13.2. The number of hydrogen-bond donors (Lipinski definition) is 1. The Morgan fingerprint density at radius 2 is 1.95 bits per heavy atom. The topological polar surface area (TPSA) is 72.7 Å². The zero-order valence-corrected chi connectivity index (χ0v) is 11.2. The average molecular weight is 259 g/mol. The molecule has 100 valence electrons. The predicted molar refractivity (Wildman–Crippen MR) is 70.3 cm³/mol. The van der Waals surface area contributed by atoms with Crippen LogP contribution >= 0.6 is 0 Å². The Morgan fingerprint density at radius 1 is 1.26 bits per heavy atom. The Kier molecular flexibility index (Phi) is 3.89. The molecule has 0 bridgehead atoms. The van der Waals surface area contributed by atoms with Gasteiger partial charge in [0.2, 0.25) is 0 Å². The quantitative estimate of drug-likeness (QED) is 0.899. The van der Waals surface area contributed by atoms with Crippen LogP contribution in [-0.4, -0.2) is 26.1 Å². The second-order valence-electron chi connectivity index (χ2n) is 4.70. The van der Waals surface area contributed by atoms with Gasteiger partial charge in [0, 0.05) is 5.56 Å². The number of amides is 1. The summed E-state index contributed by atoms with van der Waals surface area (Å²) < 4.78 is 0. The van der Waals surface area contributed by atoms with E-state index < -0.39 is 0 Å². The molecule has 1 atom stereocenters. The third kappa shape index (κ3) is 3.15. The molecule has 0 spiro atoms. The molecule has 0 aliphatic rings. The monoisotopic (exact) mass is 259 g/mol. The fourth-order valence-electron chi connectivity index (χ4n) is 1.77. The maximum Gasteiger partial charge on any atom is 0.251 e. The van der Waals surface area contributed by atoms with Crippen molar-refractivity contribution in [3.63, 3.8) is 0 Å². The molecule has 1 aromatic carbocycles. The number of aryl methyl sites for hydroxylation is 1. The van der Waals surface area contributed by atoms with Gasteiger partial charge in [-0.05, 0) is 23.3 Å². The number of carbonyl (C=O) groups is 1. The average Bonchev–Trinajstić information content (AvgIpc) is 2.82. The number of carbonyl (C=O) groups excluding carboxylic acids is 1. The van der Waals surface area contributed by atoms with Crippen LogP contribution in [0.2, 0.25) is 0 Å². The van der Waals surface area contributed by atoms with Gasteiger partial charge in [-0.1, -0.05) is 32.0 Å². The molecule has 0 saturated heterocycles. The van der Waals surface area contributed by atoms with Crippen LogP contribution in [-0.2, 0) is 7.05 Å². The molecular weight excluding hydrogens is 242 g/mol. The Bertz CT molecular complexity index is 549. The molecule has 0 fully saturated rings. The minimum absolute atomic E-state index is 0.133. The fourth-order valence-corrected chi connectivity index (χ4v) is 1.77. The molecule has 2 rings (SSSR count). The Labute approximate surface area is 111 Å². The number of tetrazole rings is 1. The van der Waals surface area contributed by atoms with E-state index in [9.17, 15) is 4.79 Å². The zero-order valence-electron chi connectivity index (χ0n) is 11.2. The standard InChI is InChI=1S/C13H17N5O/c1-9(2)11(12-15-17-18(3)16-12)14-13(19)10-7-5-4-6-8-10/h4-9,11H,1-3H3,(H,14,19). The second kappa shape index (κ2) is 5.60. The van der Waals surface area contributed by atoms with Gasteiger partial charge in [-0.3, -0.25) is 4.79 Å². The largest absolute Gasteiger partial charge is 0.342 e. The normalized spacial score (nSPS) is 12.4. The molecule has 1 amide bonds. The first-order chi connectivity index (χ1) is 9.08. The zero-order chi connectivity index (χ0) is 13.8. The van der Waals surface area contributed by atoms with E-state index in [0.29, 0.717) is 11.4 Å². The van der Waals surface area contributed by atoms with E-state index >= 15 is 0 Å². The molecule has 6 heteroatoms. The lowest BCUT2D eigenvalue weighted by molar-refractivity contribution is 0.0923. The van der Waals surface area contributed by atoms with Gasteiger partial charge in [0.1, 0.15) is 0 Å². The van der Waals surface area contributed by atoms with E-state index in [1.807, 2.05) is 32.0 Å². The molecule has 0 aliphatic carbocycles. The van der Waals surface area contributed by atoms with Crippen molar-refractivity contribution in [3.8, 4) is 0 Å². The van der Waals surface area contributed by atoms with Crippen LogP contribution in [0, 0.1) is 5.92 Å². The van der Waals surface area contributed by atoms with Gasteiger partial charge in [-0.2, -0.15) is 4.80 Å². The highest BCUT2D eigenvalue weighted by molar-refractivity contribution is 5.94. The van der Waals surface area contributed by atoms with Crippen molar-refractivity contribution in [2.75, 3.05) is 0 Å². The number of benzene rings is 1. The summed E-state index contributed by atoms with van der Waals surface area (Å²) in [5.41, 5.74) is 0.622. The van der Waals surface area contributed by atoms with E-state index in [-0.39, 0.29) is 17.9 Å². The Morgan fingerprint density at radius 3 is 2.47 bits per heavy atom. The van der Waals surface area contributed by atoms with E-state index in [2.05, 4.69) is 20.7 Å². The van der Waals surface area contributed by atoms with Crippen LogP contribution in [0.25, 0.3) is 0 Å². The van der Waals surface area contributed by atoms with Crippen LogP contribution in [0.4, 0.5) is 0 Å². The van der Waals surface area contributed by atoms with Gasteiger partial charge in [0.25, 0.3) is 5.91 Å². The molecule has 1 unspecified atom stereocenters. The smallest absolute Gasteiger partial charge is 0.251 e. The summed E-state index contributed by atoms with van der Waals surface area (Å²) in [6, 6.07) is 8.84. The van der Waals surface area contributed by atoms with Crippen molar-refractivity contribution >= 4 is 5.91 Å². The summed E-state index contributed by atoms with van der Waals surface area (Å²) in [6.45, 7) is 4.01. The molecule has 6 nitrogen and oxygen atoms in total. The van der Waals surface area contributed by atoms with Gasteiger partial charge in [0.05, 0.1) is 13.1 Å². The van der Waals surface area contributed by atoms with E-state index in [4.69, 9.17) is 0 Å². The van der Waals surface area contributed by atoms with Gasteiger partial charge < -0.3 is 5.32 Å². The number of hydrogen-bond acceptors (Lipinski definition) is 4. The van der Waals surface area contributed by atoms with Crippen LogP contribution < -0.4 is 5.32 Å². The van der Waals surface area contributed by atoms with Crippen molar-refractivity contribution in [3.05, 3.63) is 41.7 Å². The summed E-state index contributed by atoms with van der Waals surface area (Å²) in [7, 11) is 1.70. The number of nitrogens with zero attached hydrogens (tertiary/aromatic N) is 4. The van der Waals surface area contributed by atoms with Crippen molar-refractivity contribution in [2.45, 2.75) is 19.9 Å². The second-order valence-corrected chi connectivity index (χ2v) is 4.70. The third-order valence-electron chi connectivity index (χ3n) is 2.79. The summed E-state index contributed by atoms with van der Waals surface area (Å²) in [6.07, 6.45) is 0. The highest BCUT2D eigenvalue weighted by Gasteiger charge is 2.23. The molecule has 19 heavy (non-hydrogen) atoms. The summed E-state index contributed by atoms with van der Waals surface area (Å²) in [5, 5.41) is 14.9. The molecular formula is C13H17N5O. The molecule has 1 aromatic heterocycles. The minimum Gasteiger partial charge on any atom is -0.342 e. The SMILES string of the molecule is CC(C)C(NC(=O)c1ccccc1)c1nnn(C)n1. The van der Waals surface area contributed by atoms with E-state index in [1.54, 1.807) is 19.2 Å². The summed E-state index contributed by atoms with van der Waals surface area (Å²) in [4.78, 5) is 13.5. The van der Waals surface area contributed by atoms with Crippen molar-refractivity contribution in [1.82, 2.24) is 25.5 Å². The van der Waals surface area contributed by atoms with Crippen LogP contribution in [0.5, 0.6) is 0 Å². The molecule has 2 aromatic rings. The van der Waals surface area contributed by atoms with Crippen LogP contribution in [0.3, 0.4) is 0 Å². The third-order valence-corrected chi connectivity index (χ3v) is 2.79. The lowest BCUT2D eigenvalue weighted by atomic mass is 10.0. The number of aromatic nitrogens is 4. The van der Waals surface area contributed by atoms with Gasteiger partial charge >= 0.3 is 0 Å². The summed E-state index contributed by atoms with van der Waals surface area (Å²) in [5.74, 6) is 0.574. The molecule has 0 radical (unpaired) electrons. The van der Waals surface area contributed by atoms with Crippen LogP contribution in [0.15, 0.2) is 30.3 Å². The number of nitrogens with one attached hydrogen (secondary N) is 1. The van der Waals surface area contributed by atoms with E-state index in [0.717, 1.165) is 0 Å². The molecule has 1 N–H and O–H groups in total. The molecule has 0 aliphatic heterocycles. The van der Waals surface area contributed by atoms with Gasteiger partial charge in [0.15, 0.2) is 5.82 Å². The minimum atomic E-state index is -0.249. The molecule has 0 saturated carbocycles. The lowest BCUT2D eigenvalue weighted by Crippen LogP contribution is -2.32. The van der Waals surface area contributed by atoms with Crippen molar-refractivity contribution in [2.24, 2.45) is 13.0 Å². The highest BCUT2D eigenvalue weighted by Crippen LogP contribution is 2.18. The lowest BCUT2D eigenvalue weighted by Gasteiger charge is -2.18. The first-order valence-electron chi connectivity index (χ1n) is 6.17. The van der Waals surface area contributed by atoms with Crippen molar-refractivity contribution < 1.29 is 4.79 Å². The van der Waals surface area contributed by atoms with Gasteiger partial charge in [-0.15, -0.1) is 10.2 Å². The molecule has 1 heterocycles. The summed E-state index contributed by atoms with van der Waals surface area (Å²) >= 11 is 0. The predicted octanol–water partition coefficient (Wildman–Crippen LogP) is 1.34. The highest BCUT2D eigenvalue weighted by atomic mass is 16.1.